The van der Waals surface area contributed by atoms with Crippen LogP contribution in [0.4, 0.5) is 4.39 Å². The molecule has 1 amide bonds. The molecule has 0 radical (unpaired) electrons. The molecule has 4 rings (SSSR count). The molecule has 0 spiro atoms. The molecule has 1 unspecified atom stereocenters. The van der Waals surface area contributed by atoms with Crippen LogP contribution in [0.3, 0.4) is 0 Å². The fourth-order valence-electron chi connectivity index (χ4n) is 3.50. The van der Waals surface area contributed by atoms with Crippen molar-refractivity contribution in [3.05, 3.63) is 104 Å². The van der Waals surface area contributed by atoms with Crippen LogP contribution >= 0.6 is 34.8 Å². The number of halogens is 4. The third kappa shape index (κ3) is 5.23. The molecule has 0 saturated heterocycles. The Bertz CT molecular complexity index is 1190. The monoisotopic (exact) mass is 490 g/mol. The summed E-state index contributed by atoms with van der Waals surface area (Å²) in [6.45, 7) is 0.462. The van der Waals surface area contributed by atoms with Gasteiger partial charge in [0, 0.05) is 23.6 Å². The van der Waals surface area contributed by atoms with Gasteiger partial charge in [-0.2, -0.15) is 0 Å². The van der Waals surface area contributed by atoms with E-state index in [1.807, 2.05) is 12.1 Å². The number of hydrogen-bond donors (Lipinski definition) is 0. The molecule has 0 saturated carbocycles. The molecule has 164 valence electrons. The van der Waals surface area contributed by atoms with Crippen molar-refractivity contribution in [2.24, 2.45) is 5.16 Å². The second-order valence-corrected chi connectivity index (χ2v) is 8.64. The molecule has 0 fully saturated rings. The van der Waals surface area contributed by atoms with Crippen LogP contribution < -0.4 is 0 Å². The summed E-state index contributed by atoms with van der Waals surface area (Å²) in [5.41, 5.74) is 2.32. The number of rotatable bonds is 6. The first-order chi connectivity index (χ1) is 15.4. The third-order valence-electron chi connectivity index (χ3n) is 5.06. The Morgan fingerprint density at radius 3 is 2.59 bits per heavy atom. The lowest BCUT2D eigenvalue weighted by atomic mass is 10.0. The van der Waals surface area contributed by atoms with Crippen molar-refractivity contribution in [3.63, 3.8) is 0 Å². The summed E-state index contributed by atoms with van der Waals surface area (Å²) < 4.78 is 14.3. The number of oxime groups is 1. The molecule has 3 aromatic carbocycles. The standard InChI is InChI=1S/C24H18Cl3FN2O2/c25-17-5-3-4-15(10-17)13-30(24(31)19-6-1-2-7-22(19)28)14-18-12-23(29-32-18)16-8-9-20(26)21(27)11-16/h1-11,18H,12-14H2. The van der Waals surface area contributed by atoms with Crippen molar-refractivity contribution < 1.29 is 14.0 Å². The predicted molar refractivity (Wildman–Crippen MR) is 125 cm³/mol. The predicted octanol–water partition coefficient (Wildman–Crippen LogP) is 6.62. The van der Waals surface area contributed by atoms with Crippen molar-refractivity contribution in [1.29, 1.82) is 0 Å². The highest BCUT2D eigenvalue weighted by atomic mass is 35.5. The molecule has 1 atom stereocenters. The Hall–Kier alpha value is -2.60. The van der Waals surface area contributed by atoms with Gasteiger partial charge in [0.1, 0.15) is 5.82 Å². The van der Waals surface area contributed by atoms with Gasteiger partial charge in [-0.3, -0.25) is 4.79 Å². The first-order valence-electron chi connectivity index (χ1n) is 9.87. The number of nitrogens with zero attached hydrogens (tertiary/aromatic N) is 2. The molecule has 0 aromatic heterocycles. The average molecular weight is 492 g/mol. The maximum absolute atomic E-state index is 14.3. The second-order valence-electron chi connectivity index (χ2n) is 7.39. The minimum Gasteiger partial charge on any atom is -0.390 e. The summed E-state index contributed by atoms with van der Waals surface area (Å²) >= 11 is 18.2. The first-order valence-corrected chi connectivity index (χ1v) is 11.0. The van der Waals surface area contributed by atoms with Crippen molar-refractivity contribution in [2.45, 2.75) is 19.1 Å². The summed E-state index contributed by atoms with van der Waals surface area (Å²) in [5.74, 6) is -1.01. The summed E-state index contributed by atoms with van der Waals surface area (Å²) in [4.78, 5) is 20.3. The van der Waals surface area contributed by atoms with E-state index in [-0.39, 0.29) is 18.7 Å². The molecule has 1 aliphatic rings. The topological polar surface area (TPSA) is 41.9 Å². The van der Waals surface area contributed by atoms with E-state index in [2.05, 4.69) is 5.16 Å². The fourth-order valence-corrected chi connectivity index (χ4v) is 4.01. The van der Waals surface area contributed by atoms with Gasteiger partial charge in [0.2, 0.25) is 0 Å². The maximum Gasteiger partial charge on any atom is 0.257 e. The summed E-state index contributed by atoms with van der Waals surface area (Å²) in [6, 6.07) is 18.3. The highest BCUT2D eigenvalue weighted by Crippen LogP contribution is 2.26. The molecule has 0 N–H and O–H groups in total. The number of carbonyl (C=O) groups is 1. The Kier molecular flexibility index (Phi) is 6.99. The van der Waals surface area contributed by atoms with Gasteiger partial charge in [0.25, 0.3) is 5.91 Å². The van der Waals surface area contributed by atoms with Crippen molar-refractivity contribution in [3.8, 4) is 0 Å². The van der Waals surface area contributed by atoms with E-state index < -0.39 is 17.8 Å². The lowest BCUT2D eigenvalue weighted by Crippen LogP contribution is -2.37. The summed E-state index contributed by atoms with van der Waals surface area (Å²) in [7, 11) is 0. The van der Waals surface area contributed by atoms with Crippen LogP contribution in [-0.2, 0) is 11.4 Å². The number of amides is 1. The molecule has 1 heterocycles. The second kappa shape index (κ2) is 9.90. The van der Waals surface area contributed by atoms with Crippen LogP contribution in [0.5, 0.6) is 0 Å². The Labute approximate surface area is 200 Å². The molecular formula is C24H18Cl3FN2O2. The van der Waals surface area contributed by atoms with E-state index in [0.717, 1.165) is 11.1 Å². The van der Waals surface area contributed by atoms with Gasteiger partial charge in [-0.15, -0.1) is 0 Å². The number of carbonyl (C=O) groups excluding carboxylic acids is 1. The van der Waals surface area contributed by atoms with E-state index in [9.17, 15) is 9.18 Å². The van der Waals surface area contributed by atoms with Crippen LogP contribution in [0, 0.1) is 5.82 Å². The van der Waals surface area contributed by atoms with Crippen LogP contribution in [0.25, 0.3) is 0 Å². The van der Waals surface area contributed by atoms with Gasteiger partial charge >= 0.3 is 0 Å². The lowest BCUT2D eigenvalue weighted by Gasteiger charge is -2.25. The molecule has 0 bridgehead atoms. The van der Waals surface area contributed by atoms with Gasteiger partial charge in [0.15, 0.2) is 6.10 Å². The lowest BCUT2D eigenvalue weighted by molar-refractivity contribution is 0.0402. The number of benzene rings is 3. The highest BCUT2D eigenvalue weighted by Gasteiger charge is 2.28. The molecule has 4 nitrogen and oxygen atoms in total. The molecule has 3 aromatic rings. The van der Waals surface area contributed by atoms with Crippen LogP contribution in [-0.4, -0.2) is 29.2 Å². The maximum atomic E-state index is 14.3. The zero-order chi connectivity index (χ0) is 22.7. The summed E-state index contributed by atoms with van der Waals surface area (Å²) in [5, 5.41) is 5.60. The highest BCUT2D eigenvalue weighted by molar-refractivity contribution is 6.42. The van der Waals surface area contributed by atoms with Crippen LogP contribution in [0.1, 0.15) is 27.9 Å². The minimum absolute atomic E-state index is 0.00171. The summed E-state index contributed by atoms with van der Waals surface area (Å²) in [6.07, 6.45) is 0.0727. The van der Waals surface area contributed by atoms with E-state index in [1.165, 1.54) is 12.1 Å². The third-order valence-corrected chi connectivity index (χ3v) is 6.04. The average Bonchev–Trinajstić information content (AvgIpc) is 3.24. The SMILES string of the molecule is O=C(c1ccccc1F)N(Cc1cccc(Cl)c1)CC1CC(c2ccc(Cl)c(Cl)c2)=NO1. The van der Waals surface area contributed by atoms with E-state index in [0.29, 0.717) is 27.2 Å². The molecular weight excluding hydrogens is 474 g/mol. The van der Waals surface area contributed by atoms with Gasteiger partial charge in [0.05, 0.1) is 27.9 Å². The quantitative estimate of drug-likeness (QED) is 0.389. The molecule has 32 heavy (non-hydrogen) atoms. The van der Waals surface area contributed by atoms with Crippen molar-refractivity contribution in [1.82, 2.24) is 4.90 Å². The normalized spacial score (nSPS) is 15.2. The van der Waals surface area contributed by atoms with E-state index in [1.54, 1.807) is 47.4 Å². The minimum atomic E-state index is -0.575. The van der Waals surface area contributed by atoms with Gasteiger partial charge in [-0.1, -0.05) is 70.3 Å². The van der Waals surface area contributed by atoms with Gasteiger partial charge in [-0.05, 0) is 42.0 Å². The largest absolute Gasteiger partial charge is 0.390 e. The zero-order valence-corrected chi connectivity index (χ0v) is 19.0. The fraction of sp³-hybridized carbons (Fsp3) is 0.167. The molecule has 0 aliphatic carbocycles. The smallest absolute Gasteiger partial charge is 0.257 e. The Balaban J connectivity index is 1.53. The van der Waals surface area contributed by atoms with Crippen molar-refractivity contribution >= 4 is 46.4 Å². The van der Waals surface area contributed by atoms with Crippen molar-refractivity contribution in [2.75, 3.05) is 6.54 Å². The van der Waals surface area contributed by atoms with Gasteiger partial charge < -0.3 is 9.74 Å². The number of hydrogen-bond acceptors (Lipinski definition) is 3. The molecule has 1 aliphatic heterocycles. The van der Waals surface area contributed by atoms with Crippen LogP contribution in [0.15, 0.2) is 71.9 Å². The van der Waals surface area contributed by atoms with Gasteiger partial charge in [-0.25, -0.2) is 4.39 Å². The Morgan fingerprint density at radius 2 is 1.84 bits per heavy atom. The van der Waals surface area contributed by atoms with Crippen LogP contribution in [0.2, 0.25) is 15.1 Å². The van der Waals surface area contributed by atoms with E-state index in [4.69, 9.17) is 39.6 Å². The zero-order valence-electron chi connectivity index (χ0n) is 16.8. The first kappa shape index (κ1) is 22.6. The molecule has 8 heteroatoms. The Morgan fingerprint density at radius 1 is 1.03 bits per heavy atom. The van der Waals surface area contributed by atoms with E-state index >= 15 is 0 Å².